The molecule has 7 nitrogen and oxygen atoms in total. The number of fused-ring (bicyclic) bond motifs is 2. The van der Waals surface area contributed by atoms with Gasteiger partial charge in [-0.1, -0.05) is 6.92 Å². The van der Waals surface area contributed by atoms with E-state index in [9.17, 15) is 4.57 Å². The van der Waals surface area contributed by atoms with Crippen LogP contribution in [0.2, 0.25) is 0 Å². The Morgan fingerprint density at radius 1 is 0.897 bits per heavy atom. The van der Waals surface area contributed by atoms with E-state index in [-0.39, 0.29) is 0 Å². The van der Waals surface area contributed by atoms with Crippen LogP contribution < -0.4 is 18.5 Å². The topological polar surface area (TPSA) is 60.5 Å². The minimum Gasteiger partial charge on any atom is -0.478 e. The number of ether oxygens (including phenoxy) is 2. The lowest BCUT2D eigenvalue weighted by atomic mass is 10.1. The molecule has 2 aliphatic rings. The van der Waals surface area contributed by atoms with Gasteiger partial charge in [-0.3, -0.25) is 9.80 Å². The highest BCUT2D eigenvalue weighted by Crippen LogP contribution is 2.50. The second-order valence-corrected chi connectivity index (χ2v) is 9.67. The Bertz CT molecular complexity index is 866. The van der Waals surface area contributed by atoms with Crippen LogP contribution in [0.1, 0.15) is 24.5 Å². The maximum Gasteiger partial charge on any atom is 0.430 e. The number of hydrogen-bond acceptors (Lipinski definition) is 7. The van der Waals surface area contributed by atoms with Gasteiger partial charge in [-0.25, -0.2) is 4.57 Å². The molecule has 0 aromatic heterocycles. The zero-order chi connectivity index (χ0) is 20.4. The Morgan fingerprint density at radius 3 is 1.83 bits per heavy atom. The summed E-state index contributed by atoms with van der Waals surface area (Å²) in [4.78, 5) is 4.11. The quantitative estimate of drug-likeness (QED) is 0.648. The molecule has 0 bridgehead atoms. The molecule has 0 radical (unpaired) electrons. The zero-order valence-corrected chi connectivity index (χ0v) is 18.0. The monoisotopic (exact) mass is 418 g/mol. The predicted octanol–water partition coefficient (Wildman–Crippen LogP) is 4.31. The summed E-state index contributed by atoms with van der Waals surface area (Å²) in [5.74, 6) is 2.72. The Balaban J connectivity index is 1.54. The van der Waals surface area contributed by atoms with Crippen LogP contribution in [-0.2, 0) is 17.7 Å². The van der Waals surface area contributed by atoms with Gasteiger partial charge in [-0.2, -0.15) is 0 Å². The van der Waals surface area contributed by atoms with Crippen molar-refractivity contribution in [2.45, 2.75) is 26.4 Å². The van der Waals surface area contributed by atoms with Gasteiger partial charge in [0, 0.05) is 24.2 Å². The normalized spacial score (nSPS) is 16.9. The van der Waals surface area contributed by atoms with E-state index in [0.717, 1.165) is 35.7 Å². The molecule has 29 heavy (non-hydrogen) atoms. The lowest BCUT2D eigenvalue weighted by Gasteiger charge is -2.27. The van der Waals surface area contributed by atoms with E-state index >= 15 is 0 Å². The van der Waals surface area contributed by atoms with Crippen molar-refractivity contribution in [1.29, 1.82) is 0 Å². The van der Waals surface area contributed by atoms with Crippen molar-refractivity contribution >= 4 is 7.60 Å². The van der Waals surface area contributed by atoms with E-state index in [1.165, 1.54) is 0 Å². The Labute approximate surface area is 171 Å². The summed E-state index contributed by atoms with van der Waals surface area (Å²) < 4.78 is 36.7. The minimum atomic E-state index is -3.37. The number of hydrogen-bond donors (Lipinski definition) is 0. The second-order valence-electron chi connectivity index (χ2n) is 7.63. The average molecular weight is 418 g/mol. The third-order valence-corrected chi connectivity index (χ3v) is 6.78. The molecule has 2 aromatic rings. The van der Waals surface area contributed by atoms with E-state index < -0.39 is 7.60 Å². The van der Waals surface area contributed by atoms with Gasteiger partial charge >= 0.3 is 7.60 Å². The Kier molecular flexibility index (Phi) is 5.72. The lowest BCUT2D eigenvalue weighted by molar-refractivity contribution is 0.121. The first-order valence-corrected chi connectivity index (χ1v) is 11.5. The van der Waals surface area contributed by atoms with Crippen LogP contribution in [0.15, 0.2) is 36.4 Å². The summed E-state index contributed by atoms with van der Waals surface area (Å²) in [6, 6.07) is 11.1. The third-order valence-electron chi connectivity index (χ3n) is 4.81. The molecule has 2 heterocycles. The molecule has 0 saturated carbocycles. The van der Waals surface area contributed by atoms with Gasteiger partial charge in [-0.05, 0) is 56.9 Å². The van der Waals surface area contributed by atoms with Gasteiger partial charge < -0.3 is 18.5 Å². The third kappa shape index (κ3) is 4.69. The Morgan fingerprint density at radius 2 is 1.38 bits per heavy atom. The van der Waals surface area contributed by atoms with Gasteiger partial charge in [0.05, 0.1) is 6.16 Å². The molecule has 0 fully saturated rings. The van der Waals surface area contributed by atoms with Crippen molar-refractivity contribution in [3.63, 3.8) is 0 Å². The first-order valence-electron chi connectivity index (χ1n) is 9.81. The highest BCUT2D eigenvalue weighted by Gasteiger charge is 2.28. The summed E-state index contributed by atoms with van der Waals surface area (Å²) in [5.41, 5.74) is 2.02. The van der Waals surface area contributed by atoms with Crippen molar-refractivity contribution in [3.05, 3.63) is 47.5 Å². The first kappa shape index (κ1) is 20.1. The van der Waals surface area contributed by atoms with Crippen molar-refractivity contribution < 1.29 is 23.1 Å². The van der Waals surface area contributed by atoms with Crippen LogP contribution >= 0.6 is 7.60 Å². The average Bonchev–Trinajstić information content (AvgIpc) is 2.67. The summed E-state index contributed by atoms with van der Waals surface area (Å²) in [6.07, 6.45) is 1.01. The fraction of sp³-hybridized carbons (Fsp3) is 0.429. The molecule has 0 atom stereocenters. The summed E-state index contributed by atoms with van der Waals surface area (Å²) in [7, 11) is 0.596. The van der Waals surface area contributed by atoms with E-state index in [0.29, 0.717) is 37.5 Å². The molecular weight excluding hydrogens is 391 g/mol. The number of rotatable bonds is 6. The molecular formula is C21H27N2O5P. The molecule has 0 unspecified atom stereocenters. The molecule has 8 heteroatoms. The summed E-state index contributed by atoms with van der Waals surface area (Å²) in [6.45, 7) is 4.59. The van der Waals surface area contributed by atoms with Gasteiger partial charge in [0.15, 0.2) is 0 Å². The zero-order valence-electron chi connectivity index (χ0n) is 17.1. The standard InChI is InChI=1S/C21H27N2O5P/c1-4-9-29(24,27-18-5-7-20-16(10-18)12-22(2)14-25-20)28-19-6-8-21-17(11-19)13-23(3)15-26-21/h5-8,10-11H,4,9,12-15H2,1-3H3. The van der Waals surface area contributed by atoms with Crippen LogP contribution in [0.3, 0.4) is 0 Å². The van der Waals surface area contributed by atoms with Crippen molar-refractivity contribution in [1.82, 2.24) is 9.80 Å². The molecule has 2 aromatic carbocycles. The van der Waals surface area contributed by atoms with Gasteiger partial charge in [-0.15, -0.1) is 0 Å². The summed E-state index contributed by atoms with van der Waals surface area (Å²) in [5, 5.41) is 0. The smallest absolute Gasteiger partial charge is 0.430 e. The van der Waals surface area contributed by atoms with Crippen LogP contribution in [-0.4, -0.2) is 43.5 Å². The van der Waals surface area contributed by atoms with Crippen molar-refractivity contribution in [2.24, 2.45) is 0 Å². The summed E-state index contributed by atoms with van der Waals surface area (Å²) >= 11 is 0. The molecule has 0 aliphatic carbocycles. The maximum absolute atomic E-state index is 13.5. The van der Waals surface area contributed by atoms with E-state index in [2.05, 4.69) is 9.80 Å². The molecule has 156 valence electrons. The Hall–Kier alpha value is -2.21. The second kappa shape index (κ2) is 8.27. The van der Waals surface area contributed by atoms with Crippen LogP contribution in [0, 0.1) is 0 Å². The molecule has 0 N–H and O–H groups in total. The van der Waals surface area contributed by atoms with Gasteiger partial charge in [0.25, 0.3) is 0 Å². The van der Waals surface area contributed by atoms with E-state index in [1.54, 1.807) is 12.1 Å². The van der Waals surface area contributed by atoms with E-state index in [4.69, 9.17) is 18.5 Å². The van der Waals surface area contributed by atoms with Crippen LogP contribution in [0.4, 0.5) is 0 Å². The highest BCUT2D eigenvalue weighted by molar-refractivity contribution is 7.54. The molecule has 4 rings (SSSR count). The van der Waals surface area contributed by atoms with Crippen LogP contribution in [0.25, 0.3) is 0 Å². The molecule has 0 spiro atoms. The lowest BCUT2D eigenvalue weighted by Crippen LogP contribution is -2.28. The fourth-order valence-electron chi connectivity index (χ4n) is 3.49. The molecule has 2 aliphatic heterocycles. The van der Waals surface area contributed by atoms with Crippen molar-refractivity contribution in [2.75, 3.05) is 33.7 Å². The van der Waals surface area contributed by atoms with Crippen LogP contribution in [0.5, 0.6) is 23.0 Å². The molecule has 0 amide bonds. The van der Waals surface area contributed by atoms with Gasteiger partial charge in [0.1, 0.15) is 36.5 Å². The fourth-order valence-corrected chi connectivity index (χ4v) is 5.13. The largest absolute Gasteiger partial charge is 0.478 e. The van der Waals surface area contributed by atoms with Gasteiger partial charge in [0.2, 0.25) is 0 Å². The predicted molar refractivity (Wildman–Crippen MR) is 111 cm³/mol. The number of nitrogens with zero attached hydrogens (tertiary/aromatic N) is 2. The molecule has 0 saturated heterocycles. The first-order chi connectivity index (χ1) is 13.9. The van der Waals surface area contributed by atoms with Crippen molar-refractivity contribution in [3.8, 4) is 23.0 Å². The maximum atomic E-state index is 13.5. The van der Waals surface area contributed by atoms with E-state index in [1.807, 2.05) is 45.3 Å². The minimum absolute atomic E-state index is 0.327. The highest BCUT2D eigenvalue weighted by atomic mass is 31.2. The SMILES string of the molecule is CCCP(=O)(Oc1ccc2c(c1)CN(C)CO2)Oc1ccc2c(c1)CN(C)CO2. The number of benzene rings is 2.